The van der Waals surface area contributed by atoms with Gasteiger partial charge < -0.3 is 10.2 Å². The number of rotatable bonds is 2. The Morgan fingerprint density at radius 1 is 1.44 bits per heavy atom. The van der Waals surface area contributed by atoms with Gasteiger partial charge in [0.15, 0.2) is 0 Å². The highest BCUT2D eigenvalue weighted by Gasteiger charge is 2.31. The molecule has 1 aliphatic rings. The van der Waals surface area contributed by atoms with Gasteiger partial charge in [-0.25, -0.2) is 4.39 Å². The van der Waals surface area contributed by atoms with Crippen LogP contribution in [0.25, 0.3) is 11.0 Å². The van der Waals surface area contributed by atoms with E-state index >= 15 is 0 Å². The second kappa shape index (κ2) is 4.37. The van der Waals surface area contributed by atoms with Gasteiger partial charge in [0.1, 0.15) is 11.4 Å². The average Bonchev–Trinajstić information content (AvgIpc) is 2.96. The molecule has 2 atom stereocenters. The molecule has 18 heavy (non-hydrogen) atoms. The van der Waals surface area contributed by atoms with E-state index in [1.807, 2.05) is 19.2 Å². The van der Waals surface area contributed by atoms with Gasteiger partial charge in [0.2, 0.25) is 0 Å². The predicted molar refractivity (Wildman–Crippen MR) is 68.7 cm³/mol. The number of nitrogens with two attached hydrogens (primary N) is 1. The van der Waals surface area contributed by atoms with E-state index in [0.29, 0.717) is 23.4 Å². The van der Waals surface area contributed by atoms with Crippen molar-refractivity contribution in [2.75, 3.05) is 20.1 Å². The van der Waals surface area contributed by atoms with E-state index in [1.54, 1.807) is 6.07 Å². The zero-order chi connectivity index (χ0) is 12.7. The summed E-state index contributed by atoms with van der Waals surface area (Å²) in [6.45, 7) is 1.60. The summed E-state index contributed by atoms with van der Waals surface area (Å²) in [7, 11) is 2.03. The van der Waals surface area contributed by atoms with Crippen molar-refractivity contribution in [3.8, 4) is 0 Å². The highest BCUT2D eigenvalue weighted by molar-refractivity contribution is 5.78. The Morgan fingerprint density at radius 2 is 2.28 bits per heavy atom. The topological polar surface area (TPSA) is 42.4 Å². The van der Waals surface area contributed by atoms with E-state index in [0.717, 1.165) is 18.5 Å². The molecule has 1 saturated heterocycles. The fourth-order valence-corrected chi connectivity index (χ4v) is 2.92. The lowest BCUT2D eigenvalue weighted by Gasteiger charge is -2.20. The first-order chi connectivity index (χ1) is 8.70. The van der Waals surface area contributed by atoms with Gasteiger partial charge in [-0.2, -0.15) is 0 Å². The molecule has 3 rings (SSSR count). The first-order valence-corrected chi connectivity index (χ1v) is 6.26. The Bertz CT molecular complexity index is 566. The number of hydrogen-bond acceptors (Lipinski definition) is 3. The van der Waals surface area contributed by atoms with E-state index in [9.17, 15) is 4.39 Å². The largest absolute Gasteiger partial charge is 0.464 e. The summed E-state index contributed by atoms with van der Waals surface area (Å²) in [5.41, 5.74) is 7.07. The molecule has 1 aliphatic heterocycles. The normalized spacial score (nSPS) is 25.1. The van der Waals surface area contributed by atoms with Gasteiger partial charge in [0.05, 0.1) is 11.6 Å². The van der Waals surface area contributed by atoms with Crippen LogP contribution in [0.4, 0.5) is 4.39 Å². The van der Waals surface area contributed by atoms with Crippen molar-refractivity contribution in [2.45, 2.75) is 12.5 Å². The number of nitrogens with zero attached hydrogens (tertiary/aromatic N) is 1. The van der Waals surface area contributed by atoms with Crippen LogP contribution < -0.4 is 5.73 Å². The number of furan rings is 1. The molecule has 2 heterocycles. The van der Waals surface area contributed by atoms with E-state index in [2.05, 4.69) is 4.90 Å². The minimum atomic E-state index is -0.157. The Balaban J connectivity index is 2.01. The minimum absolute atomic E-state index is 0.123. The molecule has 0 aliphatic carbocycles. The van der Waals surface area contributed by atoms with Gasteiger partial charge in [-0.05, 0) is 38.1 Å². The quantitative estimate of drug-likeness (QED) is 0.888. The summed E-state index contributed by atoms with van der Waals surface area (Å²) in [5, 5.41) is 0.567. The third-order valence-electron chi connectivity index (χ3n) is 3.93. The SMILES string of the molecule is CN1CC(CN)CC1c1ccc2occc2c1F. The van der Waals surface area contributed by atoms with E-state index in [-0.39, 0.29) is 11.9 Å². The molecule has 0 radical (unpaired) electrons. The smallest absolute Gasteiger partial charge is 0.139 e. The zero-order valence-electron chi connectivity index (χ0n) is 10.4. The summed E-state index contributed by atoms with van der Waals surface area (Å²) < 4.78 is 19.7. The molecule has 2 unspecified atom stereocenters. The number of hydrogen-bond donors (Lipinski definition) is 1. The molecular weight excluding hydrogens is 231 g/mol. The van der Waals surface area contributed by atoms with E-state index in [1.165, 1.54) is 6.26 Å². The summed E-state index contributed by atoms with van der Waals surface area (Å²) in [5.74, 6) is 0.301. The van der Waals surface area contributed by atoms with Crippen LogP contribution in [0, 0.1) is 11.7 Å². The Labute approximate surface area is 105 Å². The molecule has 2 N–H and O–H groups in total. The fourth-order valence-electron chi connectivity index (χ4n) is 2.92. The first-order valence-electron chi connectivity index (χ1n) is 6.26. The van der Waals surface area contributed by atoms with Crippen LogP contribution in [0.5, 0.6) is 0 Å². The molecule has 3 nitrogen and oxygen atoms in total. The Kier molecular flexibility index (Phi) is 2.84. The van der Waals surface area contributed by atoms with Crippen molar-refractivity contribution in [1.29, 1.82) is 0 Å². The monoisotopic (exact) mass is 248 g/mol. The van der Waals surface area contributed by atoms with Crippen molar-refractivity contribution >= 4 is 11.0 Å². The third-order valence-corrected chi connectivity index (χ3v) is 3.93. The molecule has 1 aromatic heterocycles. The summed E-state index contributed by atoms with van der Waals surface area (Å²) in [6, 6.07) is 5.49. The maximum absolute atomic E-state index is 14.4. The molecule has 0 bridgehead atoms. The Morgan fingerprint density at radius 3 is 3.00 bits per heavy atom. The molecule has 0 spiro atoms. The number of benzene rings is 1. The van der Waals surface area contributed by atoms with Crippen molar-refractivity contribution in [2.24, 2.45) is 11.7 Å². The predicted octanol–water partition coefficient (Wildman–Crippen LogP) is 2.52. The van der Waals surface area contributed by atoms with Gasteiger partial charge in [0, 0.05) is 18.2 Å². The number of halogens is 1. The maximum Gasteiger partial charge on any atom is 0.139 e. The van der Waals surface area contributed by atoms with Crippen LogP contribution in [-0.4, -0.2) is 25.0 Å². The molecular formula is C14H17FN2O. The van der Waals surface area contributed by atoms with Gasteiger partial charge in [0.25, 0.3) is 0 Å². The van der Waals surface area contributed by atoms with Gasteiger partial charge >= 0.3 is 0 Å². The second-order valence-corrected chi connectivity index (χ2v) is 5.09. The van der Waals surface area contributed by atoms with Crippen LogP contribution in [0.15, 0.2) is 28.9 Å². The molecule has 4 heteroatoms. The molecule has 1 fully saturated rings. The van der Waals surface area contributed by atoms with Crippen molar-refractivity contribution < 1.29 is 8.81 Å². The zero-order valence-corrected chi connectivity index (χ0v) is 10.4. The van der Waals surface area contributed by atoms with Crippen LogP contribution in [0.3, 0.4) is 0 Å². The molecule has 1 aromatic carbocycles. The van der Waals surface area contributed by atoms with Gasteiger partial charge in [-0.15, -0.1) is 0 Å². The number of likely N-dealkylation sites (tertiary alicyclic amines) is 1. The molecule has 96 valence electrons. The average molecular weight is 248 g/mol. The summed E-state index contributed by atoms with van der Waals surface area (Å²) in [4.78, 5) is 2.18. The van der Waals surface area contributed by atoms with Crippen molar-refractivity contribution in [1.82, 2.24) is 4.90 Å². The van der Waals surface area contributed by atoms with Gasteiger partial charge in [-0.1, -0.05) is 6.07 Å². The number of fused-ring (bicyclic) bond motifs is 1. The lowest BCUT2D eigenvalue weighted by molar-refractivity contribution is 0.307. The fraction of sp³-hybridized carbons (Fsp3) is 0.429. The van der Waals surface area contributed by atoms with Crippen molar-refractivity contribution in [3.05, 3.63) is 35.8 Å². The Hall–Kier alpha value is -1.39. The van der Waals surface area contributed by atoms with Gasteiger partial charge in [-0.3, -0.25) is 4.90 Å². The third kappa shape index (κ3) is 1.72. The van der Waals surface area contributed by atoms with E-state index in [4.69, 9.17) is 10.2 Å². The summed E-state index contributed by atoms with van der Waals surface area (Å²) >= 11 is 0. The highest BCUT2D eigenvalue weighted by atomic mass is 19.1. The van der Waals surface area contributed by atoms with Crippen LogP contribution in [0.1, 0.15) is 18.0 Å². The highest BCUT2D eigenvalue weighted by Crippen LogP contribution is 2.36. The molecule has 2 aromatic rings. The second-order valence-electron chi connectivity index (χ2n) is 5.09. The standard InChI is InChI=1S/C14H17FN2O/c1-17-8-9(7-16)6-12(17)10-2-3-13-11(14(10)15)4-5-18-13/h2-5,9,12H,6-8,16H2,1H3. The molecule has 0 saturated carbocycles. The maximum atomic E-state index is 14.4. The summed E-state index contributed by atoms with van der Waals surface area (Å²) in [6.07, 6.45) is 2.45. The van der Waals surface area contributed by atoms with Crippen molar-refractivity contribution in [3.63, 3.8) is 0 Å². The van der Waals surface area contributed by atoms with Crippen LogP contribution >= 0.6 is 0 Å². The lowest BCUT2D eigenvalue weighted by Crippen LogP contribution is -2.21. The van der Waals surface area contributed by atoms with Crippen LogP contribution in [-0.2, 0) is 0 Å². The van der Waals surface area contributed by atoms with Crippen LogP contribution in [0.2, 0.25) is 0 Å². The minimum Gasteiger partial charge on any atom is -0.464 e. The first kappa shape index (κ1) is 11.7. The van der Waals surface area contributed by atoms with E-state index < -0.39 is 0 Å². The lowest BCUT2D eigenvalue weighted by atomic mass is 9.98. The molecule has 0 amide bonds.